The van der Waals surface area contributed by atoms with E-state index in [1.54, 1.807) is 0 Å². The molecule has 0 aromatic carbocycles. The van der Waals surface area contributed by atoms with Crippen molar-refractivity contribution in [2.24, 2.45) is 5.41 Å². The van der Waals surface area contributed by atoms with Gasteiger partial charge < -0.3 is 4.74 Å². The van der Waals surface area contributed by atoms with Crippen molar-refractivity contribution in [3.63, 3.8) is 0 Å². The van der Waals surface area contributed by atoms with Crippen LogP contribution in [0.3, 0.4) is 0 Å². The maximum Gasteiger partial charge on any atom is 0.155 e. The van der Waals surface area contributed by atoms with E-state index in [1.807, 2.05) is 6.92 Å². The highest BCUT2D eigenvalue weighted by Crippen LogP contribution is 2.49. The van der Waals surface area contributed by atoms with Gasteiger partial charge in [-0.2, -0.15) is 5.26 Å². The third-order valence-corrected chi connectivity index (χ3v) is 2.15. The average molecular weight is 153 g/mol. The summed E-state index contributed by atoms with van der Waals surface area (Å²) in [7, 11) is 0. The lowest BCUT2D eigenvalue weighted by Gasteiger charge is -2.48. The molecule has 11 heavy (non-hydrogen) atoms. The number of hydrogen-bond acceptors (Lipinski definition) is 2. The van der Waals surface area contributed by atoms with Crippen molar-refractivity contribution in [2.75, 3.05) is 6.61 Å². The molecule has 1 aliphatic rings. The van der Waals surface area contributed by atoms with Crippen molar-refractivity contribution in [3.8, 4) is 6.07 Å². The second kappa shape index (κ2) is 2.49. The summed E-state index contributed by atoms with van der Waals surface area (Å²) in [6.45, 7) is 6.91. The maximum atomic E-state index is 8.82. The molecule has 2 nitrogen and oxygen atoms in total. The van der Waals surface area contributed by atoms with Gasteiger partial charge in [0, 0.05) is 6.61 Å². The quantitative estimate of drug-likeness (QED) is 0.608. The van der Waals surface area contributed by atoms with Crippen LogP contribution in [0.1, 0.15) is 33.6 Å². The highest BCUT2D eigenvalue weighted by Gasteiger charge is 2.50. The molecule has 0 N–H and O–H groups in total. The predicted molar refractivity (Wildman–Crippen MR) is 43.0 cm³/mol. The lowest BCUT2D eigenvalue weighted by Crippen LogP contribution is -2.49. The molecule has 0 heterocycles. The summed E-state index contributed by atoms with van der Waals surface area (Å²) in [5.74, 6) is 0. The van der Waals surface area contributed by atoms with Crippen molar-refractivity contribution in [2.45, 2.75) is 39.2 Å². The van der Waals surface area contributed by atoms with Crippen LogP contribution in [-0.4, -0.2) is 12.2 Å². The summed E-state index contributed by atoms with van der Waals surface area (Å²) in [5, 5.41) is 8.82. The monoisotopic (exact) mass is 153 g/mol. The molecule has 0 aromatic rings. The number of hydrogen-bond donors (Lipinski definition) is 0. The molecule has 1 rings (SSSR count). The zero-order chi connectivity index (χ0) is 8.54. The van der Waals surface area contributed by atoms with Gasteiger partial charge in [-0.15, -0.1) is 0 Å². The van der Waals surface area contributed by atoms with E-state index in [0.717, 1.165) is 12.8 Å². The van der Waals surface area contributed by atoms with E-state index in [4.69, 9.17) is 10.00 Å². The Kier molecular flexibility index (Phi) is 1.94. The van der Waals surface area contributed by atoms with Gasteiger partial charge in [-0.25, -0.2) is 0 Å². The topological polar surface area (TPSA) is 33.0 Å². The number of nitriles is 1. The zero-order valence-corrected chi connectivity index (χ0v) is 7.48. The zero-order valence-electron chi connectivity index (χ0n) is 7.48. The fourth-order valence-corrected chi connectivity index (χ4v) is 1.98. The Morgan fingerprint density at radius 3 is 2.27 bits per heavy atom. The molecule has 0 atom stereocenters. The predicted octanol–water partition coefficient (Wildman–Crippen LogP) is 2.11. The van der Waals surface area contributed by atoms with Crippen LogP contribution < -0.4 is 0 Å². The second-order valence-corrected chi connectivity index (χ2v) is 4.06. The summed E-state index contributed by atoms with van der Waals surface area (Å²) in [6.07, 6.45) is 1.76. The van der Waals surface area contributed by atoms with Gasteiger partial charge in [-0.05, 0) is 25.2 Å². The summed E-state index contributed by atoms with van der Waals surface area (Å²) in [4.78, 5) is 0. The van der Waals surface area contributed by atoms with E-state index in [2.05, 4.69) is 19.9 Å². The lowest BCUT2D eigenvalue weighted by atomic mass is 9.62. The first-order chi connectivity index (χ1) is 5.04. The molecule has 0 radical (unpaired) electrons. The summed E-state index contributed by atoms with van der Waals surface area (Å²) >= 11 is 0. The molecule has 0 amide bonds. The van der Waals surface area contributed by atoms with Gasteiger partial charge in [0.2, 0.25) is 0 Å². The van der Waals surface area contributed by atoms with Gasteiger partial charge in [0.05, 0.1) is 6.07 Å². The molecule has 1 fully saturated rings. The highest BCUT2D eigenvalue weighted by molar-refractivity contribution is 5.14. The number of ether oxygens (including phenoxy) is 1. The molecule has 2 heteroatoms. The normalized spacial score (nSPS) is 25.3. The summed E-state index contributed by atoms with van der Waals surface area (Å²) in [5.41, 5.74) is -0.136. The Bertz CT molecular complexity index is 182. The van der Waals surface area contributed by atoms with Crippen LogP contribution in [0.4, 0.5) is 0 Å². The third-order valence-electron chi connectivity index (χ3n) is 2.15. The van der Waals surface area contributed by atoms with Gasteiger partial charge in [-0.1, -0.05) is 13.8 Å². The second-order valence-electron chi connectivity index (χ2n) is 4.06. The SMILES string of the molecule is CCOC1(C#N)CC(C)(C)C1. The van der Waals surface area contributed by atoms with Crippen molar-refractivity contribution in [1.82, 2.24) is 0 Å². The van der Waals surface area contributed by atoms with Crippen molar-refractivity contribution < 1.29 is 4.74 Å². The standard InChI is InChI=1S/C9H15NO/c1-4-11-9(7-10)5-8(2,3)6-9/h4-6H2,1-3H3. The first kappa shape index (κ1) is 8.55. The molecule has 0 aliphatic heterocycles. The van der Waals surface area contributed by atoms with E-state index in [9.17, 15) is 0 Å². The van der Waals surface area contributed by atoms with Crippen LogP contribution in [0.25, 0.3) is 0 Å². The highest BCUT2D eigenvalue weighted by atomic mass is 16.5. The van der Waals surface area contributed by atoms with Crippen molar-refractivity contribution in [3.05, 3.63) is 0 Å². The fraction of sp³-hybridized carbons (Fsp3) is 0.889. The van der Waals surface area contributed by atoms with Crippen molar-refractivity contribution in [1.29, 1.82) is 5.26 Å². The van der Waals surface area contributed by atoms with E-state index < -0.39 is 5.60 Å². The van der Waals surface area contributed by atoms with Gasteiger partial charge in [0.25, 0.3) is 0 Å². The Balaban J connectivity index is 2.52. The molecule has 0 unspecified atom stereocenters. The van der Waals surface area contributed by atoms with Crippen LogP contribution in [0, 0.1) is 16.7 Å². The fourth-order valence-electron chi connectivity index (χ4n) is 1.98. The van der Waals surface area contributed by atoms with E-state index in [1.165, 1.54) is 0 Å². The third kappa shape index (κ3) is 1.54. The van der Waals surface area contributed by atoms with Crippen LogP contribution in [0.5, 0.6) is 0 Å². The number of nitrogens with zero attached hydrogens (tertiary/aromatic N) is 1. The van der Waals surface area contributed by atoms with Gasteiger partial charge in [-0.3, -0.25) is 0 Å². The molecule has 1 saturated carbocycles. The van der Waals surface area contributed by atoms with Gasteiger partial charge >= 0.3 is 0 Å². The minimum absolute atomic E-state index is 0.310. The Labute approximate surface area is 68.2 Å². The molecular weight excluding hydrogens is 138 g/mol. The van der Waals surface area contributed by atoms with Crippen molar-refractivity contribution >= 4 is 0 Å². The van der Waals surface area contributed by atoms with E-state index in [-0.39, 0.29) is 0 Å². The molecular formula is C9H15NO. The first-order valence-corrected chi connectivity index (χ1v) is 4.09. The van der Waals surface area contributed by atoms with Crippen LogP contribution >= 0.6 is 0 Å². The van der Waals surface area contributed by atoms with Crippen LogP contribution in [-0.2, 0) is 4.74 Å². The lowest BCUT2D eigenvalue weighted by molar-refractivity contribution is -0.115. The molecule has 0 aromatic heterocycles. The van der Waals surface area contributed by atoms with Gasteiger partial charge in [0.1, 0.15) is 0 Å². The Hall–Kier alpha value is -0.550. The van der Waals surface area contributed by atoms with E-state index >= 15 is 0 Å². The smallest absolute Gasteiger partial charge is 0.155 e. The van der Waals surface area contributed by atoms with Gasteiger partial charge in [0.15, 0.2) is 5.60 Å². The molecule has 0 bridgehead atoms. The minimum Gasteiger partial charge on any atom is -0.360 e. The molecule has 0 spiro atoms. The Morgan fingerprint density at radius 1 is 1.45 bits per heavy atom. The average Bonchev–Trinajstić information content (AvgIpc) is 1.84. The molecule has 0 saturated heterocycles. The summed E-state index contributed by atoms with van der Waals surface area (Å²) < 4.78 is 5.39. The maximum absolute atomic E-state index is 8.82. The largest absolute Gasteiger partial charge is 0.360 e. The van der Waals surface area contributed by atoms with E-state index in [0.29, 0.717) is 12.0 Å². The minimum atomic E-state index is -0.446. The van der Waals surface area contributed by atoms with Crippen LogP contribution in [0.2, 0.25) is 0 Å². The summed E-state index contributed by atoms with van der Waals surface area (Å²) in [6, 6.07) is 2.25. The molecule has 1 aliphatic carbocycles. The molecule has 62 valence electrons. The number of rotatable bonds is 2. The Morgan fingerprint density at radius 2 is 2.00 bits per heavy atom. The first-order valence-electron chi connectivity index (χ1n) is 4.09. The van der Waals surface area contributed by atoms with Crippen LogP contribution in [0.15, 0.2) is 0 Å².